The van der Waals surface area contributed by atoms with Crippen molar-refractivity contribution in [1.29, 1.82) is 0 Å². The zero-order valence-electron chi connectivity index (χ0n) is 15.3. The summed E-state index contributed by atoms with van der Waals surface area (Å²) in [6.45, 7) is 1.52. The Morgan fingerprint density at radius 2 is 2.35 bits per heavy atom. The van der Waals surface area contributed by atoms with Gasteiger partial charge in [0.05, 0.1) is 22.9 Å². The Kier molecular flexibility index (Phi) is 4.39. The van der Waals surface area contributed by atoms with Gasteiger partial charge in [-0.15, -0.1) is 0 Å². The van der Waals surface area contributed by atoms with E-state index in [1.165, 1.54) is 13.0 Å². The van der Waals surface area contributed by atoms with Crippen LogP contribution in [-0.4, -0.2) is 26.2 Å². The molecular formula is C15H17ClFNO4S. The van der Waals surface area contributed by atoms with E-state index in [9.17, 15) is 17.6 Å². The third-order valence-corrected chi connectivity index (χ3v) is 4.84. The maximum absolute atomic E-state index is 13.2. The van der Waals surface area contributed by atoms with Gasteiger partial charge >= 0.3 is 5.97 Å². The number of halogens is 2. The molecule has 1 aromatic carbocycles. The fourth-order valence-electron chi connectivity index (χ4n) is 2.07. The van der Waals surface area contributed by atoms with Crippen LogP contribution in [0.1, 0.15) is 28.9 Å². The molecule has 1 atom stereocenters. The van der Waals surface area contributed by atoms with Crippen LogP contribution in [0, 0.1) is 5.82 Å². The predicted molar refractivity (Wildman–Crippen MR) is 86.3 cm³/mol. The first-order valence-electron chi connectivity index (χ1n) is 8.32. The van der Waals surface area contributed by atoms with E-state index in [-0.39, 0.29) is 40.4 Å². The van der Waals surface area contributed by atoms with E-state index in [2.05, 4.69) is 0 Å². The first kappa shape index (κ1) is 13.8. The second kappa shape index (κ2) is 7.31. The van der Waals surface area contributed by atoms with Crippen LogP contribution in [-0.2, 0) is 19.6 Å². The second-order valence-electron chi connectivity index (χ2n) is 4.70. The molecule has 0 spiro atoms. The summed E-state index contributed by atoms with van der Waals surface area (Å²) >= 11 is 5.82. The van der Waals surface area contributed by atoms with Gasteiger partial charge in [0.1, 0.15) is 11.1 Å². The standard InChI is InChI=1S/C15H17ClFNO4S/c1-2-22-15(19)11-5-3-4-6-14(11)23(20,21)18-13-8-7-10(17)9-12(13)16/h5,7-9,14,18H,2-4,6H2,1H3/t14-/m1/s1/i6D2/hD. The number of anilines is 1. The van der Waals surface area contributed by atoms with Crippen LogP contribution < -0.4 is 4.72 Å². The zero-order chi connectivity index (χ0) is 19.7. The van der Waals surface area contributed by atoms with Crippen LogP contribution in [0.25, 0.3) is 0 Å². The molecule has 2 rings (SSSR count). The lowest BCUT2D eigenvalue weighted by Crippen LogP contribution is -2.34. The molecule has 23 heavy (non-hydrogen) atoms. The summed E-state index contributed by atoms with van der Waals surface area (Å²) in [7, 11) is -4.72. The molecule has 5 nitrogen and oxygen atoms in total. The van der Waals surface area contributed by atoms with E-state index in [4.69, 9.17) is 20.5 Å². The van der Waals surface area contributed by atoms with Crippen LogP contribution >= 0.6 is 11.6 Å². The van der Waals surface area contributed by atoms with Crippen molar-refractivity contribution in [2.75, 3.05) is 11.3 Å². The Labute approximate surface area is 143 Å². The van der Waals surface area contributed by atoms with Crippen LogP contribution in [0.15, 0.2) is 29.8 Å². The molecule has 0 heterocycles. The van der Waals surface area contributed by atoms with Crippen LogP contribution in [0.4, 0.5) is 10.1 Å². The average Bonchev–Trinajstić information content (AvgIpc) is 2.53. The number of carbonyl (C=O) groups is 1. The predicted octanol–water partition coefficient (Wildman–Crippen LogP) is 3.26. The Balaban J connectivity index is 2.53. The second-order valence-corrected chi connectivity index (χ2v) is 6.80. The highest BCUT2D eigenvalue weighted by Crippen LogP contribution is 2.30. The smallest absolute Gasteiger partial charge is 0.335 e. The molecule has 1 aliphatic rings. The molecule has 0 aromatic heterocycles. The van der Waals surface area contributed by atoms with Gasteiger partial charge in [-0.25, -0.2) is 17.6 Å². The fourth-order valence-corrected chi connectivity index (χ4v) is 3.71. The molecule has 0 saturated heterocycles. The summed E-state index contributed by atoms with van der Waals surface area (Å²) in [5.74, 6) is -1.67. The molecule has 1 N–H and O–H groups in total. The summed E-state index contributed by atoms with van der Waals surface area (Å²) in [5, 5.41) is -2.27. The third kappa shape index (κ3) is 4.23. The van der Waals surface area contributed by atoms with Gasteiger partial charge in [-0.3, -0.25) is 4.72 Å². The average molecular weight is 365 g/mol. The monoisotopic (exact) mass is 364 g/mol. The summed E-state index contributed by atoms with van der Waals surface area (Å²) in [5.41, 5.74) is -0.712. The van der Waals surface area contributed by atoms with E-state index in [0.717, 1.165) is 18.2 Å². The quantitative estimate of drug-likeness (QED) is 0.814. The Morgan fingerprint density at radius 1 is 1.61 bits per heavy atom. The van der Waals surface area contributed by atoms with Gasteiger partial charge in [-0.1, -0.05) is 17.7 Å². The first-order chi connectivity index (χ1) is 12.0. The van der Waals surface area contributed by atoms with Crippen molar-refractivity contribution in [3.05, 3.63) is 40.7 Å². The van der Waals surface area contributed by atoms with E-state index in [0.29, 0.717) is 0 Å². The topological polar surface area (TPSA) is 72.5 Å². The summed E-state index contributed by atoms with van der Waals surface area (Å²) in [4.78, 5) is 12.1. The highest BCUT2D eigenvalue weighted by Gasteiger charge is 2.35. The van der Waals surface area contributed by atoms with Crippen molar-refractivity contribution in [2.45, 2.75) is 31.4 Å². The largest absolute Gasteiger partial charge is 0.463 e. The Hall–Kier alpha value is -1.60. The number of esters is 1. The van der Waals surface area contributed by atoms with Gasteiger partial charge in [0.25, 0.3) is 0 Å². The van der Waals surface area contributed by atoms with Crippen molar-refractivity contribution >= 4 is 33.3 Å². The third-order valence-electron chi connectivity index (χ3n) is 3.07. The maximum Gasteiger partial charge on any atom is 0.335 e. The van der Waals surface area contributed by atoms with E-state index in [1.807, 2.05) is 0 Å². The van der Waals surface area contributed by atoms with Crippen LogP contribution in [0.5, 0.6) is 0 Å². The number of allylic oxidation sites excluding steroid dienone is 1. The van der Waals surface area contributed by atoms with Crippen molar-refractivity contribution in [3.8, 4) is 0 Å². The minimum Gasteiger partial charge on any atom is -0.463 e. The summed E-state index contributed by atoms with van der Waals surface area (Å²) < 4.78 is 68.1. The SMILES string of the molecule is [2H]N(c1ccc(F)cc1Cl)S(=O)(=O)[C@H]1C(C(=O)OCC)=CCCC1([2H])[2H]. The maximum atomic E-state index is 13.2. The van der Waals surface area contributed by atoms with Crippen molar-refractivity contribution in [1.82, 2.24) is 0 Å². The number of benzene rings is 1. The molecule has 0 amide bonds. The molecule has 1 aliphatic carbocycles. The lowest BCUT2D eigenvalue weighted by atomic mass is 9.99. The molecular weight excluding hydrogens is 345 g/mol. The van der Waals surface area contributed by atoms with Crippen LogP contribution in [0.2, 0.25) is 6.43 Å². The summed E-state index contributed by atoms with van der Waals surface area (Å²) in [6.07, 6.45) is -0.990. The first-order valence-corrected chi connectivity index (χ1v) is 8.75. The number of carbonyl (C=O) groups excluding carboxylic acids is 1. The van der Waals surface area contributed by atoms with E-state index < -0.39 is 33.4 Å². The molecule has 8 heteroatoms. The molecule has 126 valence electrons. The lowest BCUT2D eigenvalue weighted by Gasteiger charge is -2.24. The fraction of sp³-hybridized carbons (Fsp3) is 0.400. The molecule has 0 fully saturated rings. The van der Waals surface area contributed by atoms with E-state index >= 15 is 0 Å². The van der Waals surface area contributed by atoms with Crippen molar-refractivity contribution in [2.24, 2.45) is 0 Å². The van der Waals surface area contributed by atoms with Gasteiger partial charge in [0, 0.05) is 2.74 Å². The number of sulfonamides is 1. The van der Waals surface area contributed by atoms with Crippen LogP contribution in [0.3, 0.4) is 0 Å². The molecule has 0 saturated carbocycles. The molecule has 0 aliphatic heterocycles. The van der Waals surface area contributed by atoms with Gasteiger partial charge in [0.2, 0.25) is 10.0 Å². The van der Waals surface area contributed by atoms with Gasteiger partial charge in [-0.05, 0) is 44.3 Å². The Morgan fingerprint density at radius 3 is 3.00 bits per heavy atom. The van der Waals surface area contributed by atoms with Gasteiger partial charge < -0.3 is 4.74 Å². The lowest BCUT2D eigenvalue weighted by molar-refractivity contribution is -0.138. The number of rotatable bonds is 5. The van der Waals surface area contributed by atoms with Gasteiger partial charge in [-0.2, -0.15) is 0 Å². The number of hydrogen-bond donors (Lipinski definition) is 1. The van der Waals surface area contributed by atoms with Crippen molar-refractivity contribution < 1.29 is 26.5 Å². The minimum absolute atomic E-state index is 0.0136. The molecule has 0 radical (unpaired) electrons. The molecule has 0 bridgehead atoms. The summed E-state index contributed by atoms with van der Waals surface area (Å²) in [6, 6.07) is 2.76. The molecule has 1 aromatic rings. The number of nitrogens with one attached hydrogen (secondary N) is 1. The highest BCUT2D eigenvalue weighted by atomic mass is 35.5. The van der Waals surface area contributed by atoms with Gasteiger partial charge in [0.15, 0.2) is 1.41 Å². The number of ether oxygens (including phenoxy) is 1. The normalized spacial score (nSPS) is 22.3. The highest BCUT2D eigenvalue weighted by molar-refractivity contribution is 7.93. The van der Waals surface area contributed by atoms with E-state index in [1.54, 1.807) is 0 Å². The number of hydrogen-bond acceptors (Lipinski definition) is 4. The minimum atomic E-state index is -4.72. The van der Waals surface area contributed by atoms with Crippen molar-refractivity contribution in [3.63, 3.8) is 0 Å². The Bertz CT molecular complexity index is 847. The zero-order valence-corrected chi connectivity index (χ0v) is 13.8. The molecule has 0 unspecified atom stereocenters.